The smallest absolute Gasteiger partial charge is 0.265 e. The Hall–Kier alpha value is -2.04. The summed E-state index contributed by atoms with van der Waals surface area (Å²) in [4.78, 5) is 26.4. The van der Waals surface area contributed by atoms with E-state index >= 15 is 0 Å². The number of benzene rings is 1. The van der Waals surface area contributed by atoms with Crippen molar-refractivity contribution in [3.8, 4) is 5.75 Å². The summed E-state index contributed by atoms with van der Waals surface area (Å²) in [5.74, 6) is 3.39. The van der Waals surface area contributed by atoms with Crippen LogP contribution in [0.25, 0.3) is 0 Å². The average molecular weight is 368 g/mol. The van der Waals surface area contributed by atoms with Crippen molar-refractivity contribution in [2.75, 3.05) is 24.6 Å². The molecule has 4 saturated carbocycles. The highest BCUT2D eigenvalue weighted by Crippen LogP contribution is 2.59. The van der Waals surface area contributed by atoms with Crippen LogP contribution in [0.5, 0.6) is 5.75 Å². The van der Waals surface area contributed by atoms with Crippen LogP contribution >= 0.6 is 0 Å². The quantitative estimate of drug-likeness (QED) is 0.869. The number of amides is 2. The summed E-state index contributed by atoms with van der Waals surface area (Å²) in [5, 5.41) is 3.21. The molecule has 5 heteroatoms. The molecule has 4 bridgehead atoms. The van der Waals surface area contributed by atoms with E-state index in [2.05, 4.69) is 5.32 Å². The largest absolute Gasteiger partial charge is 0.482 e. The number of para-hydroxylation sites is 2. The van der Waals surface area contributed by atoms with Crippen molar-refractivity contribution in [1.82, 2.24) is 5.32 Å². The Morgan fingerprint density at radius 2 is 1.78 bits per heavy atom. The molecule has 1 aromatic carbocycles. The van der Waals surface area contributed by atoms with Crippen molar-refractivity contribution < 1.29 is 14.3 Å². The third-order valence-electron chi connectivity index (χ3n) is 7.20. The number of ether oxygens (including phenoxy) is 1. The first-order valence-electron chi connectivity index (χ1n) is 10.4. The number of anilines is 1. The van der Waals surface area contributed by atoms with Crippen molar-refractivity contribution in [3.05, 3.63) is 24.3 Å². The van der Waals surface area contributed by atoms with Crippen molar-refractivity contribution in [2.24, 2.45) is 23.2 Å². The Morgan fingerprint density at radius 1 is 1.11 bits per heavy atom. The molecule has 5 nitrogen and oxygen atoms in total. The molecular weight excluding hydrogens is 340 g/mol. The summed E-state index contributed by atoms with van der Waals surface area (Å²) in [6.07, 6.45) is 8.51. The Kier molecular flexibility index (Phi) is 4.14. The molecule has 4 fully saturated rings. The SMILES string of the molecule is O=C(CCN1C(=O)COc2ccccc21)NCC12CC3CC(CC(C3)C1)C2. The highest BCUT2D eigenvalue weighted by Gasteiger charge is 2.50. The fourth-order valence-corrected chi connectivity index (χ4v) is 6.49. The lowest BCUT2D eigenvalue weighted by Gasteiger charge is -2.56. The lowest BCUT2D eigenvalue weighted by molar-refractivity contribution is -0.123. The number of rotatable bonds is 5. The normalized spacial score (nSPS) is 33.6. The molecule has 144 valence electrons. The van der Waals surface area contributed by atoms with E-state index in [0.717, 1.165) is 30.0 Å². The zero-order chi connectivity index (χ0) is 18.4. The second-order valence-electron chi connectivity index (χ2n) is 9.25. The van der Waals surface area contributed by atoms with Gasteiger partial charge in [-0.15, -0.1) is 0 Å². The van der Waals surface area contributed by atoms with Gasteiger partial charge in [-0.3, -0.25) is 9.59 Å². The van der Waals surface area contributed by atoms with Crippen LogP contribution < -0.4 is 15.0 Å². The van der Waals surface area contributed by atoms with Crippen molar-refractivity contribution in [3.63, 3.8) is 0 Å². The summed E-state index contributed by atoms with van der Waals surface area (Å²) in [7, 11) is 0. The fraction of sp³-hybridized carbons (Fsp3) is 0.636. The number of hydrogen-bond acceptors (Lipinski definition) is 3. The van der Waals surface area contributed by atoms with Gasteiger partial charge in [0.1, 0.15) is 5.75 Å². The number of fused-ring (bicyclic) bond motifs is 1. The molecule has 0 saturated heterocycles. The monoisotopic (exact) mass is 368 g/mol. The predicted octanol–water partition coefficient (Wildman–Crippen LogP) is 3.13. The molecule has 1 N–H and O–H groups in total. The average Bonchev–Trinajstić information content (AvgIpc) is 2.64. The Morgan fingerprint density at radius 3 is 2.48 bits per heavy atom. The summed E-state index contributed by atoms with van der Waals surface area (Å²) in [6, 6.07) is 7.52. The molecule has 0 unspecified atom stereocenters. The molecule has 2 amide bonds. The van der Waals surface area contributed by atoms with Crippen molar-refractivity contribution in [1.29, 1.82) is 0 Å². The molecule has 0 spiro atoms. The molecule has 0 aromatic heterocycles. The molecule has 0 radical (unpaired) electrons. The van der Waals surface area contributed by atoms with Crippen LogP contribution in [0.3, 0.4) is 0 Å². The molecule has 1 aromatic rings. The van der Waals surface area contributed by atoms with E-state index in [-0.39, 0.29) is 18.4 Å². The lowest BCUT2D eigenvalue weighted by Crippen LogP contribution is -2.51. The maximum atomic E-state index is 12.5. The van der Waals surface area contributed by atoms with Gasteiger partial charge in [-0.05, 0) is 73.8 Å². The van der Waals surface area contributed by atoms with E-state index in [1.54, 1.807) is 4.90 Å². The summed E-state index contributed by atoms with van der Waals surface area (Å²) >= 11 is 0. The van der Waals surface area contributed by atoms with Crippen LogP contribution in [0.1, 0.15) is 44.9 Å². The summed E-state index contributed by atoms with van der Waals surface area (Å²) in [6.45, 7) is 1.28. The third kappa shape index (κ3) is 3.21. The molecule has 1 heterocycles. The topological polar surface area (TPSA) is 58.6 Å². The van der Waals surface area contributed by atoms with Gasteiger partial charge in [0.2, 0.25) is 5.91 Å². The Bertz CT molecular complexity index is 724. The van der Waals surface area contributed by atoms with E-state index in [4.69, 9.17) is 4.74 Å². The lowest BCUT2D eigenvalue weighted by atomic mass is 9.49. The van der Waals surface area contributed by atoms with Gasteiger partial charge in [0, 0.05) is 19.5 Å². The van der Waals surface area contributed by atoms with Crippen LogP contribution in [0.2, 0.25) is 0 Å². The van der Waals surface area contributed by atoms with Crippen molar-refractivity contribution >= 4 is 17.5 Å². The number of carbonyl (C=O) groups excluding carboxylic acids is 2. The summed E-state index contributed by atoms with van der Waals surface area (Å²) in [5.41, 5.74) is 1.12. The van der Waals surface area contributed by atoms with Gasteiger partial charge in [-0.25, -0.2) is 0 Å². The minimum Gasteiger partial charge on any atom is -0.482 e. The molecule has 27 heavy (non-hydrogen) atoms. The van der Waals surface area contributed by atoms with Gasteiger partial charge < -0.3 is 15.0 Å². The molecule has 1 aliphatic heterocycles. The van der Waals surface area contributed by atoms with Crippen LogP contribution in [0.4, 0.5) is 5.69 Å². The van der Waals surface area contributed by atoms with E-state index in [0.29, 0.717) is 24.1 Å². The number of nitrogens with zero attached hydrogens (tertiary/aromatic N) is 1. The highest BCUT2D eigenvalue weighted by atomic mass is 16.5. The number of hydrogen-bond donors (Lipinski definition) is 1. The van der Waals surface area contributed by atoms with Gasteiger partial charge >= 0.3 is 0 Å². The number of nitrogens with one attached hydrogen (secondary N) is 1. The standard InChI is InChI=1S/C22H28N2O3/c25-20(5-6-24-18-3-1-2-4-19(18)27-13-21(24)26)23-14-22-10-15-7-16(11-22)9-17(8-15)12-22/h1-4,15-17H,5-14H2,(H,23,25). The molecular formula is C22H28N2O3. The molecule has 6 rings (SSSR count). The van der Waals surface area contributed by atoms with Crippen LogP contribution in [0, 0.1) is 23.2 Å². The van der Waals surface area contributed by atoms with Gasteiger partial charge in [0.15, 0.2) is 6.61 Å². The van der Waals surface area contributed by atoms with E-state index in [9.17, 15) is 9.59 Å². The van der Waals surface area contributed by atoms with Crippen LogP contribution in [-0.2, 0) is 9.59 Å². The number of carbonyl (C=O) groups is 2. The predicted molar refractivity (Wildman–Crippen MR) is 103 cm³/mol. The molecule has 4 aliphatic carbocycles. The second kappa shape index (κ2) is 6.54. The first-order valence-corrected chi connectivity index (χ1v) is 10.4. The van der Waals surface area contributed by atoms with Crippen LogP contribution in [0.15, 0.2) is 24.3 Å². The van der Waals surface area contributed by atoms with Gasteiger partial charge in [-0.1, -0.05) is 12.1 Å². The summed E-state index contributed by atoms with van der Waals surface area (Å²) < 4.78 is 5.47. The zero-order valence-corrected chi connectivity index (χ0v) is 15.8. The van der Waals surface area contributed by atoms with E-state index < -0.39 is 0 Å². The third-order valence-corrected chi connectivity index (χ3v) is 7.20. The second-order valence-corrected chi connectivity index (χ2v) is 9.25. The highest BCUT2D eigenvalue weighted by molar-refractivity contribution is 5.98. The molecule has 0 atom stereocenters. The van der Waals surface area contributed by atoms with Gasteiger partial charge in [-0.2, -0.15) is 0 Å². The first-order chi connectivity index (χ1) is 13.1. The van der Waals surface area contributed by atoms with Gasteiger partial charge in [0.05, 0.1) is 5.69 Å². The van der Waals surface area contributed by atoms with E-state index in [1.165, 1.54) is 38.5 Å². The maximum absolute atomic E-state index is 12.5. The van der Waals surface area contributed by atoms with Crippen molar-refractivity contribution in [2.45, 2.75) is 44.9 Å². The van der Waals surface area contributed by atoms with E-state index in [1.807, 2.05) is 24.3 Å². The Labute approximate surface area is 160 Å². The van der Waals surface area contributed by atoms with Crippen LogP contribution in [-0.4, -0.2) is 31.5 Å². The molecule has 5 aliphatic rings. The fourth-order valence-electron chi connectivity index (χ4n) is 6.49. The first kappa shape index (κ1) is 17.1. The minimum absolute atomic E-state index is 0.0475. The maximum Gasteiger partial charge on any atom is 0.265 e. The zero-order valence-electron chi connectivity index (χ0n) is 15.8. The van der Waals surface area contributed by atoms with Gasteiger partial charge in [0.25, 0.3) is 5.91 Å². The Balaban J connectivity index is 1.17. The minimum atomic E-state index is -0.0809.